The second-order valence-corrected chi connectivity index (χ2v) is 5.09. The maximum absolute atomic E-state index is 9.88. The van der Waals surface area contributed by atoms with Crippen molar-refractivity contribution in [3.63, 3.8) is 0 Å². The van der Waals surface area contributed by atoms with Crippen molar-refractivity contribution in [1.82, 2.24) is 5.32 Å². The Bertz CT molecular complexity index is 384. The zero-order chi connectivity index (χ0) is 12.3. The Balaban J connectivity index is 1.88. The summed E-state index contributed by atoms with van der Waals surface area (Å²) in [4.78, 5) is 0. The van der Waals surface area contributed by atoms with Gasteiger partial charge in [0, 0.05) is 25.3 Å². The quantitative estimate of drug-likeness (QED) is 0.841. The van der Waals surface area contributed by atoms with Gasteiger partial charge in [-0.1, -0.05) is 18.2 Å². The molecule has 1 atom stereocenters. The molecule has 17 heavy (non-hydrogen) atoms. The minimum Gasteiger partial charge on any atom is -0.507 e. The second kappa shape index (κ2) is 5.07. The lowest BCUT2D eigenvalue weighted by Crippen LogP contribution is -2.36. The maximum Gasteiger partial charge on any atom is 0.122 e. The van der Waals surface area contributed by atoms with Gasteiger partial charge >= 0.3 is 0 Å². The largest absolute Gasteiger partial charge is 0.507 e. The van der Waals surface area contributed by atoms with Gasteiger partial charge in [0.25, 0.3) is 0 Å². The van der Waals surface area contributed by atoms with Crippen molar-refractivity contribution in [1.29, 1.82) is 0 Å². The van der Waals surface area contributed by atoms with E-state index in [-0.39, 0.29) is 5.60 Å². The van der Waals surface area contributed by atoms with Crippen molar-refractivity contribution in [2.24, 2.45) is 0 Å². The summed E-state index contributed by atoms with van der Waals surface area (Å²) in [6, 6.07) is 5.84. The summed E-state index contributed by atoms with van der Waals surface area (Å²) in [6.07, 6.45) is 2.26. The molecule has 0 amide bonds. The van der Waals surface area contributed by atoms with Gasteiger partial charge < -0.3 is 15.2 Å². The van der Waals surface area contributed by atoms with Gasteiger partial charge in [0.1, 0.15) is 5.75 Å². The number of aryl methyl sites for hydroxylation is 1. The first-order chi connectivity index (χ1) is 8.11. The van der Waals surface area contributed by atoms with Crippen LogP contribution in [0.4, 0.5) is 0 Å². The highest BCUT2D eigenvalue weighted by Gasteiger charge is 2.28. The van der Waals surface area contributed by atoms with Crippen molar-refractivity contribution >= 4 is 0 Å². The number of ether oxygens (including phenoxy) is 1. The number of para-hydroxylation sites is 1. The molecule has 0 spiro atoms. The molecule has 1 fully saturated rings. The lowest BCUT2D eigenvalue weighted by molar-refractivity contribution is 0.0206. The molecule has 1 saturated heterocycles. The summed E-state index contributed by atoms with van der Waals surface area (Å²) in [5.74, 6) is 0.400. The first-order valence-corrected chi connectivity index (χ1v) is 6.23. The Morgan fingerprint density at radius 2 is 2.29 bits per heavy atom. The van der Waals surface area contributed by atoms with Gasteiger partial charge in [-0.25, -0.2) is 0 Å². The number of rotatable bonds is 4. The number of phenols is 1. The van der Waals surface area contributed by atoms with Crippen molar-refractivity contribution in [2.75, 3.05) is 13.2 Å². The van der Waals surface area contributed by atoms with Crippen LogP contribution in [0.2, 0.25) is 0 Å². The van der Waals surface area contributed by atoms with Crippen LogP contribution in [0.5, 0.6) is 5.75 Å². The van der Waals surface area contributed by atoms with Crippen LogP contribution in [-0.2, 0) is 11.3 Å². The predicted molar refractivity (Wildman–Crippen MR) is 68.1 cm³/mol. The highest BCUT2D eigenvalue weighted by atomic mass is 16.5. The summed E-state index contributed by atoms with van der Waals surface area (Å²) >= 11 is 0. The van der Waals surface area contributed by atoms with E-state index in [2.05, 4.69) is 12.2 Å². The molecule has 1 unspecified atom stereocenters. The van der Waals surface area contributed by atoms with Crippen LogP contribution < -0.4 is 5.32 Å². The van der Waals surface area contributed by atoms with Gasteiger partial charge in [-0.15, -0.1) is 0 Å². The van der Waals surface area contributed by atoms with Gasteiger partial charge in [0.2, 0.25) is 0 Å². The average Bonchev–Trinajstić information content (AvgIpc) is 2.72. The summed E-state index contributed by atoms with van der Waals surface area (Å²) in [5, 5.41) is 13.2. The number of benzene rings is 1. The zero-order valence-electron chi connectivity index (χ0n) is 10.6. The second-order valence-electron chi connectivity index (χ2n) is 5.09. The average molecular weight is 235 g/mol. The van der Waals surface area contributed by atoms with Gasteiger partial charge in [-0.3, -0.25) is 0 Å². The number of phenolic OH excluding ortho intramolecular Hbond substituents is 1. The van der Waals surface area contributed by atoms with Crippen LogP contribution in [-0.4, -0.2) is 23.9 Å². The molecular weight excluding hydrogens is 214 g/mol. The van der Waals surface area contributed by atoms with E-state index in [0.29, 0.717) is 12.3 Å². The number of hydrogen-bond acceptors (Lipinski definition) is 3. The predicted octanol–water partition coefficient (Wildman–Crippen LogP) is 2.36. The Kier molecular flexibility index (Phi) is 3.69. The van der Waals surface area contributed by atoms with E-state index < -0.39 is 0 Å². The van der Waals surface area contributed by atoms with Crippen molar-refractivity contribution in [2.45, 2.75) is 38.8 Å². The molecule has 3 heteroatoms. The van der Waals surface area contributed by atoms with Crippen LogP contribution in [0.1, 0.15) is 30.9 Å². The van der Waals surface area contributed by atoms with Gasteiger partial charge in [-0.2, -0.15) is 0 Å². The SMILES string of the molecule is Cc1cccc(CNCC2(C)CCCO2)c1O. The lowest BCUT2D eigenvalue weighted by Gasteiger charge is -2.23. The van der Waals surface area contributed by atoms with Crippen molar-refractivity contribution in [3.8, 4) is 5.75 Å². The summed E-state index contributed by atoms with van der Waals surface area (Å²) in [5.41, 5.74) is 1.85. The van der Waals surface area contributed by atoms with E-state index in [1.165, 1.54) is 0 Å². The Morgan fingerprint density at radius 3 is 3.00 bits per heavy atom. The molecule has 1 aliphatic heterocycles. The van der Waals surface area contributed by atoms with E-state index in [9.17, 15) is 5.11 Å². The number of aromatic hydroxyl groups is 1. The maximum atomic E-state index is 9.88. The van der Waals surface area contributed by atoms with Crippen LogP contribution >= 0.6 is 0 Å². The molecule has 2 N–H and O–H groups in total. The van der Waals surface area contributed by atoms with Gasteiger partial charge in [0.05, 0.1) is 5.60 Å². The van der Waals surface area contributed by atoms with Crippen LogP contribution in [0.3, 0.4) is 0 Å². The third kappa shape index (κ3) is 2.99. The van der Waals surface area contributed by atoms with E-state index in [1.54, 1.807) is 0 Å². The highest BCUT2D eigenvalue weighted by molar-refractivity contribution is 5.39. The lowest BCUT2D eigenvalue weighted by atomic mass is 10.0. The number of hydrogen-bond donors (Lipinski definition) is 2. The molecule has 0 aliphatic carbocycles. The molecule has 0 aromatic heterocycles. The molecule has 94 valence electrons. The summed E-state index contributed by atoms with van der Waals surface area (Å²) < 4.78 is 5.71. The molecule has 3 nitrogen and oxygen atoms in total. The van der Waals surface area contributed by atoms with Crippen LogP contribution in [0, 0.1) is 6.92 Å². The normalized spacial score (nSPS) is 24.1. The van der Waals surface area contributed by atoms with E-state index in [4.69, 9.17) is 4.74 Å². The topological polar surface area (TPSA) is 41.5 Å². The van der Waals surface area contributed by atoms with E-state index >= 15 is 0 Å². The highest BCUT2D eigenvalue weighted by Crippen LogP contribution is 2.25. The molecule has 0 saturated carbocycles. The molecule has 0 bridgehead atoms. The third-order valence-corrected chi connectivity index (χ3v) is 3.44. The molecule has 1 aliphatic rings. The Morgan fingerprint density at radius 1 is 1.47 bits per heavy atom. The summed E-state index contributed by atoms with van der Waals surface area (Å²) in [7, 11) is 0. The van der Waals surface area contributed by atoms with Crippen molar-refractivity contribution in [3.05, 3.63) is 29.3 Å². The van der Waals surface area contributed by atoms with Gasteiger partial charge in [-0.05, 0) is 32.3 Å². The molecule has 1 aromatic carbocycles. The fourth-order valence-corrected chi connectivity index (χ4v) is 2.30. The molecule has 0 radical (unpaired) electrons. The Hall–Kier alpha value is -1.06. The smallest absolute Gasteiger partial charge is 0.122 e. The summed E-state index contributed by atoms with van der Waals surface area (Å²) in [6.45, 7) is 6.45. The number of nitrogens with one attached hydrogen (secondary N) is 1. The Labute approximate surface area is 103 Å². The van der Waals surface area contributed by atoms with Gasteiger partial charge in [0.15, 0.2) is 0 Å². The van der Waals surface area contributed by atoms with E-state index in [1.807, 2.05) is 25.1 Å². The minimum atomic E-state index is -0.0283. The van der Waals surface area contributed by atoms with Crippen LogP contribution in [0.25, 0.3) is 0 Å². The molecule has 1 aromatic rings. The first kappa shape index (κ1) is 12.4. The molecular formula is C14H21NO2. The van der Waals surface area contributed by atoms with Crippen LogP contribution in [0.15, 0.2) is 18.2 Å². The van der Waals surface area contributed by atoms with Crippen molar-refractivity contribution < 1.29 is 9.84 Å². The first-order valence-electron chi connectivity index (χ1n) is 6.23. The zero-order valence-corrected chi connectivity index (χ0v) is 10.6. The van der Waals surface area contributed by atoms with E-state index in [0.717, 1.165) is 37.1 Å². The molecule has 1 heterocycles. The monoisotopic (exact) mass is 235 g/mol. The standard InChI is InChI=1S/C14H21NO2/c1-11-5-3-6-12(13(11)16)9-15-10-14(2)7-4-8-17-14/h3,5-6,15-16H,4,7-10H2,1-2H3. The fourth-order valence-electron chi connectivity index (χ4n) is 2.30. The minimum absolute atomic E-state index is 0.0283. The fraction of sp³-hybridized carbons (Fsp3) is 0.571. The molecule has 2 rings (SSSR count). The third-order valence-electron chi connectivity index (χ3n) is 3.44.